The number of benzene rings is 1. The summed E-state index contributed by atoms with van der Waals surface area (Å²) in [5, 5.41) is 9.94. The number of allylic oxidation sites excluding steroid dienone is 1. The third-order valence-corrected chi connectivity index (χ3v) is 4.03. The molecule has 1 aliphatic heterocycles. The van der Waals surface area contributed by atoms with Crippen molar-refractivity contribution in [3.63, 3.8) is 0 Å². The fourth-order valence-corrected chi connectivity index (χ4v) is 2.44. The highest BCUT2D eigenvalue weighted by Gasteiger charge is 2.27. The molecule has 2 atom stereocenters. The number of piperidine rings is 1. The van der Waals surface area contributed by atoms with Gasteiger partial charge in [0.25, 0.3) is 5.91 Å². The summed E-state index contributed by atoms with van der Waals surface area (Å²) >= 11 is 0. The number of β-amino-alcohol motifs (C(OH)–C–C–N with tert-alkyl or cyclic N) is 1. The Morgan fingerprint density at radius 2 is 2.23 bits per heavy atom. The van der Waals surface area contributed by atoms with Gasteiger partial charge in [0.05, 0.1) is 6.10 Å². The van der Waals surface area contributed by atoms with Crippen molar-refractivity contribution in [2.75, 3.05) is 19.7 Å². The van der Waals surface area contributed by atoms with Crippen LogP contribution in [0.4, 0.5) is 0 Å². The molecular formula is C18H25NO3. The van der Waals surface area contributed by atoms with Crippen LogP contribution in [-0.2, 0) is 0 Å². The van der Waals surface area contributed by atoms with E-state index in [1.54, 1.807) is 17.0 Å². The number of aliphatic hydroxyl groups is 1. The third-order valence-electron chi connectivity index (χ3n) is 4.03. The van der Waals surface area contributed by atoms with Crippen molar-refractivity contribution in [3.05, 3.63) is 41.5 Å². The number of aliphatic hydroxyl groups excluding tert-OH is 1. The zero-order valence-corrected chi connectivity index (χ0v) is 13.6. The Morgan fingerprint density at radius 1 is 1.45 bits per heavy atom. The molecule has 1 amide bonds. The van der Waals surface area contributed by atoms with Gasteiger partial charge in [0.2, 0.25) is 0 Å². The Bertz CT molecular complexity index is 549. The van der Waals surface area contributed by atoms with Crippen LogP contribution in [0.5, 0.6) is 5.75 Å². The molecule has 0 aromatic heterocycles. The van der Waals surface area contributed by atoms with E-state index >= 15 is 0 Å². The lowest BCUT2D eigenvalue weighted by Crippen LogP contribution is -2.45. The molecule has 1 aliphatic rings. The quantitative estimate of drug-likeness (QED) is 0.870. The number of amides is 1. The molecule has 4 nitrogen and oxygen atoms in total. The van der Waals surface area contributed by atoms with E-state index in [4.69, 9.17) is 4.74 Å². The summed E-state index contributed by atoms with van der Waals surface area (Å²) in [5.74, 6) is 0.899. The molecule has 0 bridgehead atoms. The lowest BCUT2D eigenvalue weighted by Gasteiger charge is -2.34. The van der Waals surface area contributed by atoms with Gasteiger partial charge in [0.1, 0.15) is 12.4 Å². The van der Waals surface area contributed by atoms with Gasteiger partial charge in [-0.15, -0.1) is 0 Å². The van der Waals surface area contributed by atoms with Gasteiger partial charge in [-0.2, -0.15) is 0 Å². The summed E-state index contributed by atoms with van der Waals surface area (Å²) in [6, 6.07) is 7.24. The fraction of sp³-hybridized carbons (Fsp3) is 0.500. The van der Waals surface area contributed by atoms with Gasteiger partial charge >= 0.3 is 0 Å². The lowest BCUT2D eigenvalue weighted by atomic mass is 9.95. The van der Waals surface area contributed by atoms with Crippen LogP contribution in [0.1, 0.15) is 37.6 Å². The average Bonchev–Trinajstić information content (AvgIpc) is 2.49. The number of nitrogens with zero attached hydrogens (tertiary/aromatic N) is 1. The molecule has 1 fully saturated rings. The highest BCUT2D eigenvalue weighted by molar-refractivity contribution is 5.94. The molecule has 1 N–H and O–H groups in total. The second kappa shape index (κ2) is 7.45. The van der Waals surface area contributed by atoms with Gasteiger partial charge in [-0.25, -0.2) is 0 Å². The maximum Gasteiger partial charge on any atom is 0.254 e. The van der Waals surface area contributed by atoms with Crippen LogP contribution < -0.4 is 4.74 Å². The minimum atomic E-state index is -0.435. The second-order valence-corrected chi connectivity index (χ2v) is 6.20. The summed E-state index contributed by atoms with van der Waals surface area (Å²) in [6.07, 6.45) is 2.40. The maximum absolute atomic E-state index is 12.5. The van der Waals surface area contributed by atoms with Gasteiger partial charge in [-0.1, -0.05) is 18.6 Å². The van der Waals surface area contributed by atoms with Crippen molar-refractivity contribution >= 4 is 5.91 Å². The number of hydrogen-bond donors (Lipinski definition) is 1. The molecule has 2 unspecified atom stereocenters. The van der Waals surface area contributed by atoms with Crippen molar-refractivity contribution in [3.8, 4) is 5.75 Å². The second-order valence-electron chi connectivity index (χ2n) is 6.20. The molecule has 2 rings (SSSR count). The van der Waals surface area contributed by atoms with E-state index in [1.807, 2.05) is 39.0 Å². The lowest BCUT2D eigenvalue weighted by molar-refractivity contribution is 0.0248. The first-order chi connectivity index (χ1) is 10.5. The van der Waals surface area contributed by atoms with E-state index in [-0.39, 0.29) is 11.8 Å². The van der Waals surface area contributed by atoms with Crippen LogP contribution in [0.2, 0.25) is 0 Å². The number of carbonyl (C=O) groups is 1. The van der Waals surface area contributed by atoms with Gasteiger partial charge in [0, 0.05) is 18.7 Å². The third kappa shape index (κ3) is 4.34. The van der Waals surface area contributed by atoms with E-state index < -0.39 is 6.10 Å². The SMILES string of the molecule is CC(C)=CCOc1cccc(C(=O)N2CCC(C)C(O)C2)c1. The smallest absolute Gasteiger partial charge is 0.254 e. The molecule has 0 saturated carbocycles. The van der Waals surface area contributed by atoms with Crippen LogP contribution in [0.15, 0.2) is 35.9 Å². The Labute approximate surface area is 132 Å². The van der Waals surface area contributed by atoms with E-state index in [0.717, 1.165) is 6.42 Å². The van der Waals surface area contributed by atoms with Gasteiger partial charge < -0.3 is 14.7 Å². The molecule has 22 heavy (non-hydrogen) atoms. The summed E-state index contributed by atoms with van der Waals surface area (Å²) in [5.41, 5.74) is 1.81. The number of rotatable bonds is 4. The van der Waals surface area contributed by atoms with Crippen molar-refractivity contribution in [1.82, 2.24) is 4.90 Å². The Balaban J connectivity index is 2.02. The zero-order valence-electron chi connectivity index (χ0n) is 13.6. The highest BCUT2D eigenvalue weighted by atomic mass is 16.5. The first kappa shape index (κ1) is 16.6. The van der Waals surface area contributed by atoms with Crippen molar-refractivity contribution in [2.24, 2.45) is 5.92 Å². The molecule has 120 valence electrons. The molecule has 0 aliphatic carbocycles. The molecular weight excluding hydrogens is 278 g/mol. The summed E-state index contributed by atoms with van der Waals surface area (Å²) in [7, 11) is 0. The van der Waals surface area contributed by atoms with Crippen molar-refractivity contribution in [1.29, 1.82) is 0 Å². The minimum Gasteiger partial charge on any atom is -0.490 e. The predicted octanol–water partition coefficient (Wildman–Crippen LogP) is 2.87. The first-order valence-corrected chi connectivity index (χ1v) is 7.81. The van der Waals surface area contributed by atoms with E-state index in [1.165, 1.54) is 5.57 Å². The van der Waals surface area contributed by atoms with E-state index in [9.17, 15) is 9.90 Å². The predicted molar refractivity (Wildman–Crippen MR) is 87.1 cm³/mol. The highest BCUT2D eigenvalue weighted by Crippen LogP contribution is 2.21. The molecule has 1 saturated heterocycles. The first-order valence-electron chi connectivity index (χ1n) is 7.81. The molecule has 1 aromatic rings. The standard InChI is InChI=1S/C18H25NO3/c1-13(2)8-10-22-16-6-4-5-15(11-16)18(21)19-9-7-14(3)17(20)12-19/h4-6,8,11,14,17,20H,7,9-10,12H2,1-3H3. The number of carbonyl (C=O) groups excluding carboxylic acids is 1. The molecule has 4 heteroatoms. The number of likely N-dealkylation sites (tertiary alicyclic amines) is 1. The molecule has 1 aromatic carbocycles. The minimum absolute atomic E-state index is 0.0429. The summed E-state index contributed by atoms with van der Waals surface area (Å²) in [4.78, 5) is 14.3. The Morgan fingerprint density at radius 3 is 2.91 bits per heavy atom. The van der Waals surface area contributed by atoms with Gasteiger partial charge in [0.15, 0.2) is 0 Å². The normalized spacial score (nSPS) is 21.4. The molecule has 0 spiro atoms. The summed E-state index contributed by atoms with van der Waals surface area (Å²) in [6.45, 7) is 7.66. The van der Waals surface area contributed by atoms with Gasteiger partial charge in [-0.3, -0.25) is 4.79 Å². The fourth-order valence-electron chi connectivity index (χ4n) is 2.44. The van der Waals surface area contributed by atoms with E-state index in [2.05, 4.69) is 0 Å². The zero-order chi connectivity index (χ0) is 16.1. The van der Waals surface area contributed by atoms with Crippen LogP contribution in [0.3, 0.4) is 0 Å². The monoisotopic (exact) mass is 303 g/mol. The molecule has 0 radical (unpaired) electrons. The number of hydrogen-bond acceptors (Lipinski definition) is 3. The maximum atomic E-state index is 12.5. The molecule has 1 heterocycles. The largest absolute Gasteiger partial charge is 0.490 e. The Kier molecular flexibility index (Phi) is 5.61. The van der Waals surface area contributed by atoms with Gasteiger partial charge in [-0.05, 0) is 50.5 Å². The van der Waals surface area contributed by atoms with E-state index in [0.29, 0.717) is 31.0 Å². The van der Waals surface area contributed by atoms with Crippen molar-refractivity contribution < 1.29 is 14.6 Å². The van der Waals surface area contributed by atoms with Crippen molar-refractivity contribution in [2.45, 2.75) is 33.3 Å². The average molecular weight is 303 g/mol. The van der Waals surface area contributed by atoms with Crippen LogP contribution >= 0.6 is 0 Å². The van der Waals surface area contributed by atoms with Crippen LogP contribution in [-0.4, -0.2) is 41.7 Å². The summed E-state index contributed by atoms with van der Waals surface area (Å²) < 4.78 is 5.64. The number of ether oxygens (including phenoxy) is 1. The van der Waals surface area contributed by atoms with Crippen LogP contribution in [0, 0.1) is 5.92 Å². The van der Waals surface area contributed by atoms with Crippen LogP contribution in [0.25, 0.3) is 0 Å². The Hall–Kier alpha value is -1.81. The topological polar surface area (TPSA) is 49.8 Å².